The SMILES string of the molecule is CC(C)C(CO)Nc1ccc(C(C)(C)C)cc1. The van der Waals surface area contributed by atoms with E-state index in [1.54, 1.807) is 0 Å². The largest absolute Gasteiger partial charge is 0.394 e. The molecule has 1 rings (SSSR count). The molecule has 1 atom stereocenters. The highest BCUT2D eigenvalue weighted by Crippen LogP contribution is 2.24. The standard InChI is InChI=1S/C15H25NO/c1-11(2)14(10-17)16-13-8-6-12(7-9-13)15(3,4)5/h6-9,11,14,16-17H,10H2,1-5H3. The fourth-order valence-corrected chi connectivity index (χ4v) is 1.70. The van der Waals surface area contributed by atoms with Crippen LogP contribution in [0, 0.1) is 5.92 Å². The minimum atomic E-state index is 0.121. The molecule has 0 aliphatic carbocycles. The molecular weight excluding hydrogens is 210 g/mol. The van der Waals surface area contributed by atoms with Gasteiger partial charge in [-0.15, -0.1) is 0 Å². The molecule has 17 heavy (non-hydrogen) atoms. The number of hydrogen-bond acceptors (Lipinski definition) is 2. The van der Waals surface area contributed by atoms with Gasteiger partial charge in [0, 0.05) is 5.69 Å². The van der Waals surface area contributed by atoms with Gasteiger partial charge in [-0.2, -0.15) is 0 Å². The Hall–Kier alpha value is -1.02. The molecule has 0 heterocycles. The first-order chi connectivity index (χ1) is 7.84. The molecule has 0 aliphatic heterocycles. The second kappa shape index (κ2) is 5.54. The fraction of sp³-hybridized carbons (Fsp3) is 0.600. The summed E-state index contributed by atoms with van der Waals surface area (Å²) in [5.41, 5.74) is 2.59. The third-order valence-electron chi connectivity index (χ3n) is 3.10. The van der Waals surface area contributed by atoms with Crippen molar-refractivity contribution in [3.8, 4) is 0 Å². The summed E-state index contributed by atoms with van der Waals surface area (Å²) in [7, 11) is 0. The summed E-state index contributed by atoms with van der Waals surface area (Å²) >= 11 is 0. The van der Waals surface area contributed by atoms with Crippen LogP contribution in [0.2, 0.25) is 0 Å². The third-order valence-corrected chi connectivity index (χ3v) is 3.10. The number of rotatable bonds is 4. The highest BCUT2D eigenvalue weighted by molar-refractivity contribution is 5.46. The molecule has 0 bridgehead atoms. The van der Waals surface area contributed by atoms with Crippen LogP contribution in [0.15, 0.2) is 24.3 Å². The van der Waals surface area contributed by atoms with Crippen molar-refractivity contribution in [1.29, 1.82) is 0 Å². The van der Waals surface area contributed by atoms with Gasteiger partial charge in [-0.25, -0.2) is 0 Å². The van der Waals surface area contributed by atoms with E-state index in [-0.39, 0.29) is 18.1 Å². The highest BCUT2D eigenvalue weighted by atomic mass is 16.3. The van der Waals surface area contributed by atoms with Crippen LogP contribution in [0.5, 0.6) is 0 Å². The maximum atomic E-state index is 9.28. The van der Waals surface area contributed by atoms with E-state index in [1.807, 2.05) is 0 Å². The minimum absolute atomic E-state index is 0.121. The lowest BCUT2D eigenvalue weighted by molar-refractivity contribution is 0.249. The van der Waals surface area contributed by atoms with Crippen LogP contribution in [-0.2, 0) is 5.41 Å². The Morgan fingerprint density at radius 2 is 1.65 bits per heavy atom. The Kier molecular flexibility index (Phi) is 4.58. The number of anilines is 1. The van der Waals surface area contributed by atoms with Gasteiger partial charge >= 0.3 is 0 Å². The van der Waals surface area contributed by atoms with Gasteiger partial charge in [0.1, 0.15) is 0 Å². The van der Waals surface area contributed by atoms with Crippen LogP contribution in [0.25, 0.3) is 0 Å². The van der Waals surface area contributed by atoms with E-state index in [2.05, 4.69) is 64.2 Å². The van der Waals surface area contributed by atoms with E-state index in [0.717, 1.165) is 5.69 Å². The lowest BCUT2D eigenvalue weighted by Gasteiger charge is -2.23. The Morgan fingerprint density at radius 1 is 1.12 bits per heavy atom. The Bertz CT molecular complexity index is 335. The van der Waals surface area contributed by atoms with Gasteiger partial charge < -0.3 is 10.4 Å². The van der Waals surface area contributed by atoms with Gasteiger partial charge in [-0.3, -0.25) is 0 Å². The van der Waals surface area contributed by atoms with Crippen molar-refractivity contribution >= 4 is 5.69 Å². The molecule has 0 amide bonds. The lowest BCUT2D eigenvalue weighted by atomic mass is 9.87. The van der Waals surface area contributed by atoms with Crippen LogP contribution in [0.4, 0.5) is 5.69 Å². The third kappa shape index (κ3) is 4.04. The Balaban J connectivity index is 2.75. The average Bonchev–Trinajstić information content (AvgIpc) is 2.25. The van der Waals surface area contributed by atoms with Crippen molar-refractivity contribution in [3.05, 3.63) is 29.8 Å². The monoisotopic (exact) mass is 235 g/mol. The first kappa shape index (κ1) is 14.0. The highest BCUT2D eigenvalue weighted by Gasteiger charge is 2.14. The van der Waals surface area contributed by atoms with Gasteiger partial charge in [0.2, 0.25) is 0 Å². The zero-order valence-electron chi connectivity index (χ0n) is 11.6. The topological polar surface area (TPSA) is 32.3 Å². The van der Waals surface area contributed by atoms with Gasteiger partial charge in [0.05, 0.1) is 12.6 Å². The van der Waals surface area contributed by atoms with Crippen LogP contribution >= 0.6 is 0 Å². The van der Waals surface area contributed by atoms with Crippen molar-refractivity contribution in [2.75, 3.05) is 11.9 Å². The summed E-state index contributed by atoms with van der Waals surface area (Å²) in [6.45, 7) is 11.0. The maximum absolute atomic E-state index is 9.28. The quantitative estimate of drug-likeness (QED) is 0.838. The second-order valence-corrected chi connectivity index (χ2v) is 6.00. The first-order valence-corrected chi connectivity index (χ1v) is 6.32. The fourth-order valence-electron chi connectivity index (χ4n) is 1.70. The molecule has 1 aromatic carbocycles. The summed E-state index contributed by atoms with van der Waals surface area (Å²) in [6.07, 6.45) is 0. The summed E-state index contributed by atoms with van der Waals surface area (Å²) in [5, 5.41) is 12.6. The molecule has 1 aromatic rings. The van der Waals surface area contributed by atoms with Crippen LogP contribution in [0.3, 0.4) is 0 Å². The van der Waals surface area contributed by atoms with Crippen LogP contribution < -0.4 is 5.32 Å². The predicted molar refractivity (Wildman–Crippen MR) is 74.5 cm³/mol. The van der Waals surface area contributed by atoms with Crippen molar-refractivity contribution in [2.45, 2.75) is 46.1 Å². The van der Waals surface area contributed by atoms with E-state index < -0.39 is 0 Å². The van der Waals surface area contributed by atoms with Gasteiger partial charge in [0.15, 0.2) is 0 Å². The minimum Gasteiger partial charge on any atom is -0.394 e. The smallest absolute Gasteiger partial charge is 0.0635 e. The zero-order chi connectivity index (χ0) is 13.1. The summed E-state index contributed by atoms with van der Waals surface area (Å²) < 4.78 is 0. The number of aliphatic hydroxyl groups excluding tert-OH is 1. The zero-order valence-corrected chi connectivity index (χ0v) is 11.6. The molecule has 1 unspecified atom stereocenters. The summed E-state index contributed by atoms with van der Waals surface area (Å²) in [5.74, 6) is 0.419. The number of nitrogens with one attached hydrogen (secondary N) is 1. The molecule has 0 fully saturated rings. The maximum Gasteiger partial charge on any atom is 0.0635 e. The molecule has 2 nitrogen and oxygen atoms in total. The lowest BCUT2D eigenvalue weighted by Crippen LogP contribution is -2.29. The predicted octanol–water partition coefficient (Wildman–Crippen LogP) is 3.41. The van der Waals surface area contributed by atoms with E-state index in [9.17, 15) is 5.11 Å². The summed E-state index contributed by atoms with van der Waals surface area (Å²) in [4.78, 5) is 0. The van der Waals surface area contributed by atoms with Crippen molar-refractivity contribution < 1.29 is 5.11 Å². The molecule has 2 N–H and O–H groups in total. The number of benzene rings is 1. The molecule has 96 valence electrons. The van der Waals surface area contributed by atoms with Crippen molar-refractivity contribution in [2.24, 2.45) is 5.92 Å². The Morgan fingerprint density at radius 3 is 2.00 bits per heavy atom. The van der Waals surface area contributed by atoms with E-state index in [4.69, 9.17) is 0 Å². The van der Waals surface area contributed by atoms with Crippen LogP contribution in [-0.4, -0.2) is 17.8 Å². The molecule has 2 heteroatoms. The van der Waals surface area contributed by atoms with Gasteiger partial charge in [0.25, 0.3) is 0 Å². The normalized spacial score (nSPS) is 13.8. The molecule has 0 saturated heterocycles. The first-order valence-electron chi connectivity index (χ1n) is 6.32. The van der Waals surface area contributed by atoms with Crippen LogP contribution in [0.1, 0.15) is 40.2 Å². The number of hydrogen-bond donors (Lipinski definition) is 2. The van der Waals surface area contributed by atoms with Gasteiger partial charge in [-0.1, -0.05) is 46.8 Å². The van der Waals surface area contributed by atoms with E-state index in [0.29, 0.717) is 5.92 Å². The van der Waals surface area contributed by atoms with E-state index >= 15 is 0 Å². The second-order valence-electron chi connectivity index (χ2n) is 6.00. The molecule has 0 aromatic heterocycles. The molecular formula is C15H25NO. The van der Waals surface area contributed by atoms with E-state index in [1.165, 1.54) is 5.56 Å². The average molecular weight is 235 g/mol. The molecule has 0 saturated carbocycles. The van der Waals surface area contributed by atoms with Crippen molar-refractivity contribution in [3.63, 3.8) is 0 Å². The molecule has 0 aliphatic rings. The van der Waals surface area contributed by atoms with Gasteiger partial charge in [-0.05, 0) is 29.0 Å². The molecule has 0 radical (unpaired) electrons. The Labute approximate surface area is 105 Å². The van der Waals surface area contributed by atoms with Crippen molar-refractivity contribution in [1.82, 2.24) is 0 Å². The summed E-state index contributed by atoms with van der Waals surface area (Å²) in [6, 6.07) is 8.60. The molecule has 0 spiro atoms. The number of aliphatic hydroxyl groups is 1.